The Morgan fingerprint density at radius 3 is 1.90 bits per heavy atom. The van der Waals surface area contributed by atoms with Gasteiger partial charge in [0.05, 0.1) is 0 Å². The van der Waals surface area contributed by atoms with E-state index in [1.807, 2.05) is 28.8 Å². The molecule has 0 unspecified atom stereocenters. The largest absolute Gasteiger partial charge is 0.323 e. The lowest BCUT2D eigenvalue weighted by Gasteiger charge is -2.34. The van der Waals surface area contributed by atoms with E-state index in [1.165, 1.54) is 11.1 Å². The SMILES string of the molecule is O=C(Nc1ccc(CN2CCN(Cc3ccccc3)CC2)cc1)N1CCSCC1. The minimum atomic E-state index is 0.0209. The van der Waals surface area contributed by atoms with Crippen molar-refractivity contribution in [2.24, 2.45) is 0 Å². The summed E-state index contributed by atoms with van der Waals surface area (Å²) in [6.45, 7) is 8.09. The smallest absolute Gasteiger partial charge is 0.321 e. The Kier molecular flexibility index (Phi) is 7.09. The molecule has 2 aromatic rings. The first-order chi connectivity index (χ1) is 14.3. The van der Waals surface area contributed by atoms with Crippen molar-refractivity contribution in [3.8, 4) is 0 Å². The van der Waals surface area contributed by atoms with Gasteiger partial charge in [-0.05, 0) is 23.3 Å². The van der Waals surface area contributed by atoms with Crippen molar-refractivity contribution in [3.05, 3.63) is 65.7 Å². The Morgan fingerprint density at radius 2 is 1.31 bits per heavy atom. The summed E-state index contributed by atoms with van der Waals surface area (Å²) in [5.74, 6) is 2.07. The van der Waals surface area contributed by atoms with Crippen LogP contribution in [0.15, 0.2) is 54.6 Å². The molecule has 4 rings (SSSR count). The van der Waals surface area contributed by atoms with E-state index in [0.717, 1.165) is 69.6 Å². The third kappa shape index (κ3) is 5.98. The zero-order valence-corrected chi connectivity index (χ0v) is 17.7. The van der Waals surface area contributed by atoms with Gasteiger partial charge >= 0.3 is 6.03 Å². The maximum absolute atomic E-state index is 12.3. The number of carbonyl (C=O) groups is 1. The monoisotopic (exact) mass is 410 g/mol. The number of benzene rings is 2. The fourth-order valence-electron chi connectivity index (χ4n) is 3.87. The Bertz CT molecular complexity index is 769. The Hall–Kier alpha value is -2.02. The first-order valence-electron chi connectivity index (χ1n) is 10.5. The zero-order valence-electron chi connectivity index (χ0n) is 16.9. The maximum atomic E-state index is 12.3. The molecule has 0 atom stereocenters. The number of nitrogens with zero attached hydrogens (tertiary/aromatic N) is 3. The summed E-state index contributed by atoms with van der Waals surface area (Å²) >= 11 is 1.91. The molecule has 154 valence electrons. The van der Waals surface area contributed by atoms with Crippen molar-refractivity contribution in [1.29, 1.82) is 0 Å². The van der Waals surface area contributed by atoms with E-state index in [9.17, 15) is 4.79 Å². The van der Waals surface area contributed by atoms with Crippen molar-refractivity contribution in [1.82, 2.24) is 14.7 Å². The average molecular weight is 411 g/mol. The lowest BCUT2D eigenvalue weighted by molar-refractivity contribution is 0.122. The van der Waals surface area contributed by atoms with Gasteiger partial charge in [0.2, 0.25) is 0 Å². The molecule has 5 nitrogen and oxygen atoms in total. The molecular weight excluding hydrogens is 380 g/mol. The highest BCUT2D eigenvalue weighted by molar-refractivity contribution is 7.99. The Labute approximate surface area is 178 Å². The van der Waals surface area contributed by atoms with E-state index in [2.05, 4.69) is 57.6 Å². The third-order valence-corrected chi connectivity index (χ3v) is 6.57. The van der Waals surface area contributed by atoms with Crippen molar-refractivity contribution < 1.29 is 4.79 Å². The van der Waals surface area contributed by atoms with Crippen LogP contribution in [0.2, 0.25) is 0 Å². The number of piperazine rings is 1. The summed E-state index contributed by atoms with van der Waals surface area (Å²) < 4.78 is 0. The van der Waals surface area contributed by atoms with Crippen LogP contribution in [0, 0.1) is 0 Å². The summed E-state index contributed by atoms with van der Waals surface area (Å²) in [7, 11) is 0. The number of amides is 2. The molecule has 0 saturated carbocycles. The van der Waals surface area contributed by atoms with Crippen LogP contribution in [0.3, 0.4) is 0 Å². The van der Waals surface area contributed by atoms with Crippen molar-refractivity contribution in [2.75, 3.05) is 56.1 Å². The van der Waals surface area contributed by atoms with Gasteiger partial charge in [-0.1, -0.05) is 42.5 Å². The standard InChI is InChI=1S/C23H30N4OS/c28-23(27-14-16-29-17-15-27)24-22-8-6-21(7-9-22)19-26-12-10-25(11-13-26)18-20-4-2-1-3-5-20/h1-9H,10-19H2,(H,24,28). The number of carbonyl (C=O) groups excluding carboxylic acids is 1. The second-order valence-corrected chi connectivity index (χ2v) is 8.99. The van der Waals surface area contributed by atoms with Crippen LogP contribution in [-0.4, -0.2) is 71.5 Å². The summed E-state index contributed by atoms with van der Waals surface area (Å²) in [4.78, 5) is 19.3. The summed E-state index contributed by atoms with van der Waals surface area (Å²) in [6.07, 6.45) is 0. The molecule has 29 heavy (non-hydrogen) atoms. The lowest BCUT2D eigenvalue weighted by Crippen LogP contribution is -2.45. The van der Waals surface area contributed by atoms with Crippen LogP contribution in [-0.2, 0) is 13.1 Å². The number of hydrogen-bond donors (Lipinski definition) is 1. The molecule has 2 aliphatic rings. The van der Waals surface area contributed by atoms with E-state index in [1.54, 1.807) is 0 Å². The van der Waals surface area contributed by atoms with Gasteiger partial charge in [0.15, 0.2) is 0 Å². The van der Waals surface area contributed by atoms with E-state index in [0.29, 0.717) is 0 Å². The molecule has 0 spiro atoms. The Morgan fingerprint density at radius 1 is 0.759 bits per heavy atom. The molecule has 2 fully saturated rings. The summed E-state index contributed by atoms with van der Waals surface area (Å²) in [6, 6.07) is 19.1. The van der Waals surface area contributed by atoms with Crippen LogP contribution in [0.5, 0.6) is 0 Å². The molecular formula is C23H30N4OS. The number of hydrogen-bond acceptors (Lipinski definition) is 4. The summed E-state index contributed by atoms with van der Waals surface area (Å²) in [5, 5.41) is 3.03. The molecule has 2 saturated heterocycles. The van der Waals surface area contributed by atoms with Gasteiger partial charge < -0.3 is 10.2 Å². The van der Waals surface area contributed by atoms with Crippen LogP contribution >= 0.6 is 11.8 Å². The second-order valence-electron chi connectivity index (χ2n) is 7.76. The van der Waals surface area contributed by atoms with Gasteiger partial charge in [0.1, 0.15) is 0 Å². The van der Waals surface area contributed by atoms with Gasteiger partial charge in [0.25, 0.3) is 0 Å². The molecule has 0 aliphatic carbocycles. The van der Waals surface area contributed by atoms with Crippen LogP contribution in [0.25, 0.3) is 0 Å². The van der Waals surface area contributed by atoms with Gasteiger partial charge in [0, 0.05) is 69.6 Å². The molecule has 0 bridgehead atoms. The second kappa shape index (κ2) is 10.1. The lowest BCUT2D eigenvalue weighted by atomic mass is 10.1. The molecule has 2 amide bonds. The van der Waals surface area contributed by atoms with Crippen molar-refractivity contribution in [2.45, 2.75) is 13.1 Å². The molecule has 2 heterocycles. The van der Waals surface area contributed by atoms with Crippen LogP contribution < -0.4 is 5.32 Å². The molecule has 1 N–H and O–H groups in total. The van der Waals surface area contributed by atoms with E-state index >= 15 is 0 Å². The highest BCUT2D eigenvalue weighted by Crippen LogP contribution is 2.16. The van der Waals surface area contributed by atoms with Crippen LogP contribution in [0.4, 0.5) is 10.5 Å². The van der Waals surface area contributed by atoms with E-state index in [4.69, 9.17) is 0 Å². The normalized spacial score (nSPS) is 18.6. The quantitative estimate of drug-likeness (QED) is 0.818. The molecule has 0 aromatic heterocycles. The minimum Gasteiger partial charge on any atom is -0.323 e. The number of anilines is 1. The third-order valence-electron chi connectivity index (χ3n) is 5.62. The first-order valence-corrected chi connectivity index (χ1v) is 11.6. The van der Waals surface area contributed by atoms with Crippen molar-refractivity contribution in [3.63, 3.8) is 0 Å². The van der Waals surface area contributed by atoms with E-state index in [-0.39, 0.29) is 6.03 Å². The highest BCUT2D eigenvalue weighted by Gasteiger charge is 2.18. The maximum Gasteiger partial charge on any atom is 0.321 e. The number of urea groups is 1. The first kappa shape index (κ1) is 20.3. The predicted octanol–water partition coefficient (Wildman–Crippen LogP) is 3.59. The molecule has 2 aromatic carbocycles. The number of nitrogens with one attached hydrogen (secondary N) is 1. The fourth-order valence-corrected chi connectivity index (χ4v) is 4.77. The minimum absolute atomic E-state index is 0.0209. The fraction of sp³-hybridized carbons (Fsp3) is 0.435. The van der Waals surface area contributed by atoms with Gasteiger partial charge in [-0.2, -0.15) is 11.8 Å². The summed E-state index contributed by atoms with van der Waals surface area (Å²) in [5.41, 5.74) is 3.57. The highest BCUT2D eigenvalue weighted by atomic mass is 32.2. The van der Waals surface area contributed by atoms with Gasteiger partial charge in [-0.15, -0.1) is 0 Å². The zero-order chi connectivity index (χ0) is 19.9. The molecule has 2 aliphatic heterocycles. The van der Waals surface area contributed by atoms with E-state index < -0.39 is 0 Å². The van der Waals surface area contributed by atoms with Crippen LogP contribution in [0.1, 0.15) is 11.1 Å². The van der Waals surface area contributed by atoms with Gasteiger partial charge in [-0.25, -0.2) is 4.79 Å². The topological polar surface area (TPSA) is 38.8 Å². The van der Waals surface area contributed by atoms with Crippen molar-refractivity contribution >= 4 is 23.5 Å². The molecule has 0 radical (unpaired) electrons. The predicted molar refractivity (Wildman–Crippen MR) is 121 cm³/mol. The average Bonchev–Trinajstić information content (AvgIpc) is 2.78. The Balaban J connectivity index is 1.21. The number of rotatable bonds is 5. The van der Waals surface area contributed by atoms with Gasteiger partial charge in [-0.3, -0.25) is 9.80 Å². The molecule has 6 heteroatoms. The number of thioether (sulfide) groups is 1.